The number of hydrogen-bond acceptors (Lipinski definition) is 3. The van der Waals surface area contributed by atoms with Crippen molar-refractivity contribution in [1.82, 2.24) is 14.5 Å². The third-order valence-corrected chi connectivity index (χ3v) is 10.8. The topological polar surface area (TPSA) is 43.9 Å². The SMILES string of the molecule is c1ccc(-c2cc(-c3ccccc3)nc(-c3cccc(-c4cccc5c4oc4c(-c6ccc7c8ccccc8n(-c8ccccc8)c7c6)cccc45)c3)n2)cc1. The predicted molar refractivity (Wildman–Crippen MR) is 231 cm³/mol. The predicted octanol–water partition coefficient (Wildman–Crippen LogP) is 13.8. The van der Waals surface area contributed by atoms with Crippen molar-refractivity contribution in [1.29, 1.82) is 0 Å². The zero-order chi connectivity index (χ0) is 37.0. The van der Waals surface area contributed by atoms with E-state index in [1.54, 1.807) is 0 Å². The van der Waals surface area contributed by atoms with Crippen molar-refractivity contribution in [3.8, 4) is 61.8 Å². The average molecular weight is 716 g/mol. The molecule has 0 aliphatic carbocycles. The Kier molecular flexibility index (Phi) is 7.46. The molecule has 0 saturated carbocycles. The molecule has 262 valence electrons. The van der Waals surface area contributed by atoms with Gasteiger partial charge < -0.3 is 8.98 Å². The van der Waals surface area contributed by atoms with Crippen LogP contribution in [0.15, 0.2) is 205 Å². The number of para-hydroxylation sites is 4. The van der Waals surface area contributed by atoms with Gasteiger partial charge in [0, 0.05) is 55.0 Å². The number of hydrogen-bond donors (Lipinski definition) is 0. The third-order valence-electron chi connectivity index (χ3n) is 10.8. The molecular formula is C52H33N3O. The van der Waals surface area contributed by atoms with E-state index < -0.39 is 0 Å². The van der Waals surface area contributed by atoms with Gasteiger partial charge in [-0.15, -0.1) is 0 Å². The Labute approximate surface area is 323 Å². The summed E-state index contributed by atoms with van der Waals surface area (Å²) in [4.78, 5) is 10.2. The molecule has 0 unspecified atom stereocenters. The Balaban J connectivity index is 1.05. The molecule has 0 bridgehead atoms. The minimum absolute atomic E-state index is 0.675. The van der Waals surface area contributed by atoms with E-state index in [1.807, 2.05) is 36.4 Å². The molecule has 3 heterocycles. The second kappa shape index (κ2) is 13.1. The first-order chi connectivity index (χ1) is 27.8. The van der Waals surface area contributed by atoms with Crippen LogP contribution in [0, 0.1) is 0 Å². The smallest absolute Gasteiger partial charge is 0.160 e. The molecule has 0 aliphatic heterocycles. The lowest BCUT2D eigenvalue weighted by Gasteiger charge is -2.10. The van der Waals surface area contributed by atoms with Gasteiger partial charge in [-0.1, -0.05) is 164 Å². The number of benzene rings is 8. The Morgan fingerprint density at radius 2 is 0.839 bits per heavy atom. The monoisotopic (exact) mass is 715 g/mol. The van der Waals surface area contributed by atoms with Crippen molar-refractivity contribution in [2.45, 2.75) is 0 Å². The van der Waals surface area contributed by atoms with Crippen molar-refractivity contribution in [3.63, 3.8) is 0 Å². The summed E-state index contributed by atoms with van der Waals surface area (Å²) >= 11 is 0. The zero-order valence-electron chi connectivity index (χ0n) is 30.3. The molecule has 0 amide bonds. The molecule has 11 rings (SSSR count). The lowest BCUT2D eigenvalue weighted by molar-refractivity contribution is 0.671. The Bertz CT molecular complexity index is 3180. The van der Waals surface area contributed by atoms with Crippen molar-refractivity contribution >= 4 is 43.7 Å². The van der Waals surface area contributed by atoms with Crippen molar-refractivity contribution in [3.05, 3.63) is 200 Å². The first-order valence-electron chi connectivity index (χ1n) is 18.9. The molecule has 4 heteroatoms. The van der Waals surface area contributed by atoms with Crippen LogP contribution in [0.2, 0.25) is 0 Å². The molecule has 56 heavy (non-hydrogen) atoms. The Morgan fingerprint density at radius 1 is 0.339 bits per heavy atom. The fourth-order valence-electron chi connectivity index (χ4n) is 8.18. The molecule has 0 saturated heterocycles. The molecule has 0 fully saturated rings. The highest BCUT2D eigenvalue weighted by molar-refractivity contribution is 6.14. The Morgan fingerprint density at radius 3 is 1.50 bits per heavy atom. The summed E-state index contributed by atoms with van der Waals surface area (Å²) < 4.78 is 9.33. The van der Waals surface area contributed by atoms with E-state index in [-0.39, 0.29) is 0 Å². The molecular weight excluding hydrogens is 683 g/mol. The molecule has 4 nitrogen and oxygen atoms in total. The highest BCUT2D eigenvalue weighted by Gasteiger charge is 2.19. The standard InChI is InChI=1S/C52H33N3O/c1-4-15-34(16-5-1)46-33-47(35-17-6-2-7-18-35)54-52(53-46)38-20-12-19-36(31-38)40-24-13-26-44-45-27-14-25-41(51(45)56-50(40)44)37-29-30-43-42-23-10-11-28-48(42)55(49(43)32-37)39-21-8-3-9-22-39/h1-33H. The second-order valence-electron chi connectivity index (χ2n) is 14.2. The molecule has 0 N–H and O–H groups in total. The average Bonchev–Trinajstić information content (AvgIpc) is 3.83. The van der Waals surface area contributed by atoms with Gasteiger partial charge in [-0.05, 0) is 47.5 Å². The highest BCUT2D eigenvalue weighted by Crippen LogP contribution is 2.42. The van der Waals surface area contributed by atoms with E-state index >= 15 is 0 Å². The van der Waals surface area contributed by atoms with E-state index in [0.717, 1.165) is 83.5 Å². The summed E-state index contributed by atoms with van der Waals surface area (Å²) in [7, 11) is 0. The van der Waals surface area contributed by atoms with Crippen molar-refractivity contribution in [2.24, 2.45) is 0 Å². The second-order valence-corrected chi connectivity index (χ2v) is 14.2. The van der Waals surface area contributed by atoms with Gasteiger partial charge in [0.05, 0.1) is 22.4 Å². The summed E-state index contributed by atoms with van der Waals surface area (Å²) in [5, 5.41) is 4.63. The molecule has 0 spiro atoms. The molecule has 3 aromatic heterocycles. The highest BCUT2D eigenvalue weighted by atomic mass is 16.3. The summed E-state index contributed by atoms with van der Waals surface area (Å²) in [6, 6.07) is 70.1. The zero-order valence-corrected chi connectivity index (χ0v) is 30.3. The first-order valence-corrected chi connectivity index (χ1v) is 18.9. The minimum Gasteiger partial charge on any atom is -0.455 e. The lowest BCUT2D eigenvalue weighted by atomic mass is 9.98. The van der Waals surface area contributed by atoms with E-state index in [4.69, 9.17) is 14.4 Å². The summed E-state index contributed by atoms with van der Waals surface area (Å²) in [6.07, 6.45) is 0. The molecule has 0 atom stereocenters. The fraction of sp³-hybridized carbons (Fsp3) is 0. The van der Waals surface area contributed by atoms with Gasteiger partial charge in [0.1, 0.15) is 11.2 Å². The van der Waals surface area contributed by atoms with Crippen LogP contribution in [0.4, 0.5) is 0 Å². The molecule has 0 aliphatic rings. The number of nitrogens with zero attached hydrogens (tertiary/aromatic N) is 3. The largest absolute Gasteiger partial charge is 0.455 e. The van der Waals surface area contributed by atoms with Crippen LogP contribution in [-0.2, 0) is 0 Å². The summed E-state index contributed by atoms with van der Waals surface area (Å²) in [6.45, 7) is 0. The van der Waals surface area contributed by atoms with Crippen LogP contribution in [0.25, 0.3) is 106 Å². The Hall–Kier alpha value is -7.56. The molecule has 8 aromatic carbocycles. The van der Waals surface area contributed by atoms with Gasteiger partial charge in [0.25, 0.3) is 0 Å². The molecule has 0 radical (unpaired) electrons. The van der Waals surface area contributed by atoms with E-state index in [9.17, 15) is 0 Å². The van der Waals surface area contributed by atoms with Gasteiger partial charge in [0.15, 0.2) is 5.82 Å². The fourth-order valence-corrected chi connectivity index (χ4v) is 8.18. The van der Waals surface area contributed by atoms with Gasteiger partial charge in [-0.3, -0.25) is 0 Å². The molecule has 11 aromatic rings. The maximum atomic E-state index is 6.97. The van der Waals surface area contributed by atoms with Crippen molar-refractivity contribution in [2.75, 3.05) is 0 Å². The van der Waals surface area contributed by atoms with Crippen LogP contribution >= 0.6 is 0 Å². The number of aromatic nitrogens is 3. The maximum absolute atomic E-state index is 6.97. The normalized spacial score (nSPS) is 11.6. The van der Waals surface area contributed by atoms with Gasteiger partial charge >= 0.3 is 0 Å². The van der Waals surface area contributed by atoms with Crippen LogP contribution in [0.1, 0.15) is 0 Å². The van der Waals surface area contributed by atoms with Crippen LogP contribution in [-0.4, -0.2) is 14.5 Å². The maximum Gasteiger partial charge on any atom is 0.160 e. The van der Waals surface area contributed by atoms with E-state index in [2.05, 4.69) is 168 Å². The first kappa shape index (κ1) is 31.9. The summed E-state index contributed by atoms with van der Waals surface area (Å²) in [5.41, 5.74) is 14.2. The quantitative estimate of drug-likeness (QED) is 0.172. The number of fused-ring (bicyclic) bond motifs is 6. The number of rotatable bonds is 6. The van der Waals surface area contributed by atoms with E-state index in [0.29, 0.717) is 5.82 Å². The number of furan rings is 1. The van der Waals surface area contributed by atoms with Gasteiger partial charge in [-0.2, -0.15) is 0 Å². The lowest BCUT2D eigenvalue weighted by Crippen LogP contribution is -1.96. The van der Waals surface area contributed by atoms with Crippen LogP contribution in [0.3, 0.4) is 0 Å². The van der Waals surface area contributed by atoms with E-state index in [1.165, 1.54) is 16.3 Å². The summed E-state index contributed by atoms with van der Waals surface area (Å²) in [5.74, 6) is 0.675. The van der Waals surface area contributed by atoms with Gasteiger partial charge in [-0.25, -0.2) is 9.97 Å². The third kappa shape index (κ3) is 5.31. The minimum atomic E-state index is 0.675. The van der Waals surface area contributed by atoms with Crippen molar-refractivity contribution < 1.29 is 4.42 Å². The van der Waals surface area contributed by atoms with Gasteiger partial charge in [0.2, 0.25) is 0 Å². The van der Waals surface area contributed by atoms with Crippen LogP contribution < -0.4 is 0 Å². The van der Waals surface area contributed by atoms with Crippen LogP contribution in [0.5, 0.6) is 0 Å².